The number of fused-ring (bicyclic) bond motifs is 1. The van der Waals surface area contributed by atoms with Crippen molar-refractivity contribution in [3.05, 3.63) is 76.9 Å². The third-order valence-corrected chi connectivity index (χ3v) is 6.60. The van der Waals surface area contributed by atoms with E-state index >= 15 is 0 Å². The SMILES string of the molecule is Cc1[nH]c(/C=C2\C(=O)Nc3ccc(F)cc32)c(-c2ccccc2)c1C(=O)NCCCN1CCOCC1. The monoisotopic (exact) mass is 488 g/mol. The molecule has 0 radical (unpaired) electrons. The number of carbonyl (C=O) groups is 2. The van der Waals surface area contributed by atoms with Gasteiger partial charge in [0.25, 0.3) is 11.8 Å². The molecule has 0 bridgehead atoms. The summed E-state index contributed by atoms with van der Waals surface area (Å²) >= 11 is 0. The van der Waals surface area contributed by atoms with E-state index in [0.717, 1.165) is 44.8 Å². The quantitative estimate of drug-likeness (QED) is 0.346. The lowest BCUT2D eigenvalue weighted by Crippen LogP contribution is -2.38. The van der Waals surface area contributed by atoms with Gasteiger partial charge in [0.1, 0.15) is 5.82 Å². The molecule has 5 rings (SSSR count). The van der Waals surface area contributed by atoms with Gasteiger partial charge in [-0.15, -0.1) is 0 Å². The molecule has 2 amide bonds. The maximum atomic E-state index is 13.9. The number of morpholine rings is 1. The van der Waals surface area contributed by atoms with Crippen LogP contribution in [0.25, 0.3) is 22.8 Å². The fraction of sp³-hybridized carbons (Fsp3) is 0.286. The Bertz CT molecular complexity index is 1310. The van der Waals surface area contributed by atoms with Crippen LogP contribution in [0.1, 0.15) is 33.7 Å². The van der Waals surface area contributed by atoms with Gasteiger partial charge < -0.3 is 20.4 Å². The third kappa shape index (κ3) is 4.96. The van der Waals surface area contributed by atoms with Crippen LogP contribution in [0.3, 0.4) is 0 Å². The highest BCUT2D eigenvalue weighted by Crippen LogP contribution is 2.37. The molecule has 3 N–H and O–H groups in total. The summed E-state index contributed by atoms with van der Waals surface area (Å²) in [6, 6.07) is 13.8. The molecule has 36 heavy (non-hydrogen) atoms. The number of carbonyl (C=O) groups excluding carboxylic acids is 2. The zero-order valence-electron chi connectivity index (χ0n) is 20.2. The predicted molar refractivity (Wildman–Crippen MR) is 138 cm³/mol. The number of benzene rings is 2. The highest BCUT2D eigenvalue weighted by Gasteiger charge is 2.27. The molecule has 1 saturated heterocycles. The first-order chi connectivity index (χ1) is 17.5. The molecule has 0 spiro atoms. The molecule has 0 atom stereocenters. The summed E-state index contributed by atoms with van der Waals surface area (Å²) in [5.41, 5.74) is 4.84. The van der Waals surface area contributed by atoms with Crippen molar-refractivity contribution < 1.29 is 18.7 Å². The number of aromatic nitrogens is 1. The van der Waals surface area contributed by atoms with Crippen LogP contribution in [0.15, 0.2) is 48.5 Å². The van der Waals surface area contributed by atoms with Crippen molar-refractivity contribution in [3.63, 3.8) is 0 Å². The second kappa shape index (κ2) is 10.5. The Kier molecular flexibility index (Phi) is 6.97. The van der Waals surface area contributed by atoms with E-state index in [9.17, 15) is 14.0 Å². The molecule has 0 unspecified atom stereocenters. The van der Waals surface area contributed by atoms with E-state index in [4.69, 9.17) is 4.74 Å². The lowest BCUT2D eigenvalue weighted by Gasteiger charge is -2.26. The van der Waals surface area contributed by atoms with Crippen LogP contribution in [-0.2, 0) is 9.53 Å². The molecular formula is C28H29FN4O3. The summed E-state index contributed by atoms with van der Waals surface area (Å²) in [5, 5.41) is 5.84. The maximum absolute atomic E-state index is 13.9. The minimum absolute atomic E-state index is 0.170. The van der Waals surface area contributed by atoms with E-state index < -0.39 is 5.82 Å². The maximum Gasteiger partial charge on any atom is 0.256 e. The standard InChI is InChI=1S/C28H29FN4O3/c1-18-25(28(35)30-10-5-11-33-12-14-36-15-13-33)26(19-6-3-2-4-7-19)24(31-18)17-22-21-16-20(29)8-9-23(21)32-27(22)34/h2-4,6-9,16-17,31H,5,10-15H2,1H3,(H,30,35)(H,32,34)/b22-17-. The van der Waals surface area contributed by atoms with Gasteiger partial charge in [-0.25, -0.2) is 4.39 Å². The van der Waals surface area contributed by atoms with Gasteiger partial charge in [-0.1, -0.05) is 30.3 Å². The zero-order valence-corrected chi connectivity index (χ0v) is 20.2. The van der Waals surface area contributed by atoms with Gasteiger partial charge in [0.15, 0.2) is 0 Å². The second-order valence-corrected chi connectivity index (χ2v) is 9.05. The average molecular weight is 489 g/mol. The normalized spacial score (nSPS) is 16.7. The van der Waals surface area contributed by atoms with Gasteiger partial charge in [0.05, 0.1) is 24.4 Å². The van der Waals surface area contributed by atoms with Gasteiger partial charge in [0.2, 0.25) is 0 Å². The Morgan fingerprint density at radius 2 is 1.94 bits per heavy atom. The fourth-order valence-electron chi connectivity index (χ4n) is 4.81. The first-order valence-corrected chi connectivity index (χ1v) is 12.2. The highest BCUT2D eigenvalue weighted by atomic mass is 19.1. The van der Waals surface area contributed by atoms with Crippen LogP contribution in [0.2, 0.25) is 0 Å². The van der Waals surface area contributed by atoms with E-state index in [0.29, 0.717) is 45.9 Å². The van der Waals surface area contributed by atoms with E-state index in [1.165, 1.54) is 12.1 Å². The molecule has 3 heterocycles. The molecule has 2 aliphatic rings. The van der Waals surface area contributed by atoms with Crippen molar-refractivity contribution in [3.8, 4) is 11.1 Å². The van der Waals surface area contributed by atoms with Crippen LogP contribution >= 0.6 is 0 Å². The van der Waals surface area contributed by atoms with Crippen molar-refractivity contribution in [1.29, 1.82) is 0 Å². The lowest BCUT2D eigenvalue weighted by molar-refractivity contribution is -0.110. The van der Waals surface area contributed by atoms with E-state index in [1.54, 1.807) is 12.1 Å². The number of aromatic amines is 1. The molecule has 3 aromatic rings. The minimum atomic E-state index is -0.417. The molecule has 1 aromatic heterocycles. The van der Waals surface area contributed by atoms with E-state index in [1.807, 2.05) is 37.3 Å². The molecule has 2 aliphatic heterocycles. The first kappa shape index (κ1) is 24.0. The molecule has 1 fully saturated rings. The Balaban J connectivity index is 1.44. The van der Waals surface area contributed by atoms with Crippen LogP contribution in [0, 0.1) is 12.7 Å². The van der Waals surface area contributed by atoms with Gasteiger partial charge in [-0.05, 0) is 49.7 Å². The third-order valence-electron chi connectivity index (χ3n) is 6.60. The average Bonchev–Trinajstić information content (AvgIpc) is 3.38. The number of hydrogen-bond acceptors (Lipinski definition) is 4. The predicted octanol–water partition coefficient (Wildman–Crippen LogP) is 4.07. The molecule has 7 nitrogen and oxygen atoms in total. The Morgan fingerprint density at radius 3 is 2.72 bits per heavy atom. The van der Waals surface area contributed by atoms with Crippen LogP contribution in [-0.4, -0.2) is 61.1 Å². The van der Waals surface area contributed by atoms with E-state index in [-0.39, 0.29) is 11.8 Å². The summed E-state index contributed by atoms with van der Waals surface area (Å²) in [5.74, 6) is -0.897. The number of ether oxygens (including phenoxy) is 1. The first-order valence-electron chi connectivity index (χ1n) is 12.2. The Hall–Kier alpha value is -3.75. The highest BCUT2D eigenvalue weighted by molar-refractivity contribution is 6.35. The number of rotatable bonds is 7. The van der Waals surface area contributed by atoms with Gasteiger partial charge in [-0.3, -0.25) is 14.5 Å². The van der Waals surface area contributed by atoms with Crippen LogP contribution < -0.4 is 10.6 Å². The van der Waals surface area contributed by atoms with Crippen molar-refractivity contribution in [2.24, 2.45) is 0 Å². The van der Waals surface area contributed by atoms with Gasteiger partial charge in [-0.2, -0.15) is 0 Å². The summed E-state index contributed by atoms with van der Waals surface area (Å²) in [4.78, 5) is 31.7. The molecule has 0 aliphatic carbocycles. The number of amides is 2. The molecule has 8 heteroatoms. The van der Waals surface area contributed by atoms with Gasteiger partial charge in [0, 0.05) is 47.8 Å². The number of anilines is 1. The number of H-pyrrole nitrogens is 1. The Labute approximate surface area is 209 Å². The molecule has 186 valence electrons. The summed E-state index contributed by atoms with van der Waals surface area (Å²) in [6.45, 7) is 6.65. The molecular weight excluding hydrogens is 459 g/mol. The fourth-order valence-corrected chi connectivity index (χ4v) is 4.81. The number of nitrogens with one attached hydrogen (secondary N) is 3. The van der Waals surface area contributed by atoms with Crippen LogP contribution in [0.4, 0.5) is 10.1 Å². The van der Waals surface area contributed by atoms with Crippen molar-refractivity contribution in [2.45, 2.75) is 13.3 Å². The Morgan fingerprint density at radius 1 is 1.17 bits per heavy atom. The number of aryl methyl sites for hydroxylation is 1. The number of nitrogens with zero attached hydrogens (tertiary/aromatic N) is 1. The smallest absolute Gasteiger partial charge is 0.256 e. The number of halogens is 1. The number of hydrogen-bond donors (Lipinski definition) is 3. The van der Waals surface area contributed by atoms with Gasteiger partial charge >= 0.3 is 0 Å². The zero-order chi connectivity index (χ0) is 25.1. The lowest BCUT2D eigenvalue weighted by atomic mass is 9.97. The topological polar surface area (TPSA) is 86.5 Å². The second-order valence-electron chi connectivity index (χ2n) is 9.05. The van der Waals surface area contributed by atoms with E-state index in [2.05, 4.69) is 20.5 Å². The largest absolute Gasteiger partial charge is 0.379 e. The van der Waals surface area contributed by atoms with Crippen molar-refractivity contribution in [1.82, 2.24) is 15.2 Å². The minimum Gasteiger partial charge on any atom is -0.379 e. The van der Waals surface area contributed by atoms with Crippen molar-refractivity contribution in [2.75, 3.05) is 44.7 Å². The van der Waals surface area contributed by atoms with Crippen molar-refractivity contribution >= 4 is 29.2 Å². The summed E-state index contributed by atoms with van der Waals surface area (Å²) in [7, 11) is 0. The summed E-state index contributed by atoms with van der Waals surface area (Å²) in [6.07, 6.45) is 2.54. The van der Waals surface area contributed by atoms with Crippen LogP contribution in [0.5, 0.6) is 0 Å². The molecule has 0 saturated carbocycles. The molecule has 2 aromatic carbocycles. The summed E-state index contributed by atoms with van der Waals surface area (Å²) < 4.78 is 19.3.